The maximum Gasteiger partial charge on any atom is 0.160 e. The number of hydrogen-bond donors (Lipinski definition) is 0. The van der Waals surface area contributed by atoms with Crippen molar-refractivity contribution < 1.29 is 18.9 Å². The van der Waals surface area contributed by atoms with Gasteiger partial charge in [-0.25, -0.2) is 0 Å². The van der Waals surface area contributed by atoms with Gasteiger partial charge in [0, 0.05) is 13.5 Å². The van der Waals surface area contributed by atoms with Gasteiger partial charge in [0.1, 0.15) is 6.10 Å². The summed E-state index contributed by atoms with van der Waals surface area (Å²) in [4.78, 5) is 0. The van der Waals surface area contributed by atoms with Crippen molar-refractivity contribution in [3.05, 3.63) is 71.8 Å². The van der Waals surface area contributed by atoms with Crippen LogP contribution in [-0.4, -0.2) is 32.2 Å². The molecule has 0 radical (unpaired) electrons. The lowest BCUT2D eigenvalue weighted by atomic mass is 10.2. The highest BCUT2D eigenvalue weighted by atomic mass is 16.7. The van der Waals surface area contributed by atoms with Crippen molar-refractivity contribution in [1.82, 2.24) is 0 Å². The van der Waals surface area contributed by atoms with Gasteiger partial charge in [-0.1, -0.05) is 60.7 Å². The minimum atomic E-state index is -0.226. The molecule has 2 aromatic rings. The number of methoxy groups -OCH3 is 1. The zero-order chi connectivity index (χ0) is 16.6. The lowest BCUT2D eigenvalue weighted by Gasteiger charge is -2.19. The Bertz CT molecular complexity index is 587. The van der Waals surface area contributed by atoms with E-state index in [0.717, 1.165) is 17.5 Å². The number of rotatable bonds is 8. The Morgan fingerprint density at radius 2 is 1.54 bits per heavy atom. The van der Waals surface area contributed by atoms with Crippen LogP contribution in [0.5, 0.6) is 0 Å². The summed E-state index contributed by atoms with van der Waals surface area (Å²) in [6.07, 6.45) is 0.368. The average Bonchev–Trinajstić information content (AvgIpc) is 3.04. The molecule has 0 bridgehead atoms. The van der Waals surface area contributed by atoms with Crippen LogP contribution < -0.4 is 0 Å². The summed E-state index contributed by atoms with van der Waals surface area (Å²) in [6.45, 7) is 1.64. The molecule has 0 spiro atoms. The molecule has 0 aromatic heterocycles. The molecule has 4 nitrogen and oxygen atoms in total. The van der Waals surface area contributed by atoms with Gasteiger partial charge in [0.05, 0.1) is 25.9 Å². The van der Waals surface area contributed by atoms with Crippen molar-refractivity contribution in [3.8, 4) is 0 Å². The molecule has 1 aliphatic heterocycles. The van der Waals surface area contributed by atoms with Gasteiger partial charge >= 0.3 is 0 Å². The molecule has 2 aromatic carbocycles. The van der Waals surface area contributed by atoms with Gasteiger partial charge in [-0.2, -0.15) is 0 Å². The largest absolute Gasteiger partial charge is 0.374 e. The first kappa shape index (κ1) is 17.1. The van der Waals surface area contributed by atoms with E-state index in [2.05, 4.69) is 24.3 Å². The van der Waals surface area contributed by atoms with Crippen molar-refractivity contribution in [2.24, 2.45) is 0 Å². The molecule has 1 saturated heterocycles. The van der Waals surface area contributed by atoms with E-state index in [0.29, 0.717) is 19.8 Å². The Labute approximate surface area is 143 Å². The molecular formula is C20H24O4. The Balaban J connectivity index is 1.49. The van der Waals surface area contributed by atoms with E-state index in [9.17, 15) is 0 Å². The first-order valence-electron chi connectivity index (χ1n) is 8.30. The van der Waals surface area contributed by atoms with Gasteiger partial charge < -0.3 is 18.9 Å². The zero-order valence-corrected chi connectivity index (χ0v) is 14.0. The third-order valence-corrected chi connectivity index (χ3v) is 4.13. The van der Waals surface area contributed by atoms with Crippen molar-refractivity contribution in [1.29, 1.82) is 0 Å². The Hall–Kier alpha value is -1.72. The van der Waals surface area contributed by atoms with E-state index >= 15 is 0 Å². The molecule has 24 heavy (non-hydrogen) atoms. The second-order valence-corrected chi connectivity index (χ2v) is 5.91. The topological polar surface area (TPSA) is 36.9 Å². The van der Waals surface area contributed by atoms with Crippen LogP contribution in [0.25, 0.3) is 0 Å². The van der Waals surface area contributed by atoms with E-state index in [1.165, 1.54) is 0 Å². The quantitative estimate of drug-likeness (QED) is 0.742. The normalized spacial score (nSPS) is 23.5. The summed E-state index contributed by atoms with van der Waals surface area (Å²) in [6, 6.07) is 20.3. The second-order valence-electron chi connectivity index (χ2n) is 5.91. The van der Waals surface area contributed by atoms with Crippen molar-refractivity contribution in [3.63, 3.8) is 0 Å². The van der Waals surface area contributed by atoms with E-state index < -0.39 is 0 Å². The van der Waals surface area contributed by atoms with Crippen LogP contribution in [0.3, 0.4) is 0 Å². The highest BCUT2D eigenvalue weighted by Gasteiger charge is 2.36. The van der Waals surface area contributed by atoms with Crippen LogP contribution in [0.1, 0.15) is 17.5 Å². The van der Waals surface area contributed by atoms with Gasteiger partial charge in [0.2, 0.25) is 0 Å². The number of hydrogen-bond acceptors (Lipinski definition) is 4. The van der Waals surface area contributed by atoms with Crippen molar-refractivity contribution >= 4 is 0 Å². The van der Waals surface area contributed by atoms with E-state index in [1.807, 2.05) is 36.4 Å². The SMILES string of the molecule is CO[C@H]1C[C@@H](OCc2ccccc2)[C@H](COCc2ccccc2)O1. The summed E-state index contributed by atoms with van der Waals surface area (Å²) in [5, 5.41) is 0. The lowest BCUT2D eigenvalue weighted by Crippen LogP contribution is -2.29. The Morgan fingerprint density at radius 1 is 0.917 bits per heavy atom. The fourth-order valence-corrected chi connectivity index (χ4v) is 2.80. The first-order chi connectivity index (χ1) is 11.8. The first-order valence-corrected chi connectivity index (χ1v) is 8.30. The minimum Gasteiger partial charge on any atom is -0.374 e. The fraction of sp³-hybridized carbons (Fsp3) is 0.400. The van der Waals surface area contributed by atoms with Crippen LogP contribution in [0.4, 0.5) is 0 Å². The Morgan fingerprint density at radius 3 is 2.17 bits per heavy atom. The monoisotopic (exact) mass is 328 g/mol. The van der Waals surface area contributed by atoms with Gasteiger partial charge in [0.15, 0.2) is 6.29 Å². The molecule has 0 aliphatic carbocycles. The highest BCUT2D eigenvalue weighted by molar-refractivity contribution is 5.14. The molecular weight excluding hydrogens is 304 g/mol. The molecule has 0 unspecified atom stereocenters. The van der Waals surface area contributed by atoms with Crippen molar-refractivity contribution in [2.75, 3.05) is 13.7 Å². The predicted molar refractivity (Wildman–Crippen MR) is 91.4 cm³/mol. The number of ether oxygens (including phenoxy) is 4. The molecule has 128 valence electrons. The predicted octanol–water partition coefficient (Wildman–Crippen LogP) is 3.55. The van der Waals surface area contributed by atoms with Crippen LogP contribution in [0.15, 0.2) is 60.7 Å². The summed E-state index contributed by atoms with van der Waals surface area (Å²) >= 11 is 0. The minimum absolute atomic E-state index is 0.0223. The third kappa shape index (κ3) is 4.89. The van der Waals surface area contributed by atoms with Crippen molar-refractivity contribution in [2.45, 2.75) is 38.1 Å². The van der Waals surface area contributed by atoms with E-state index in [1.54, 1.807) is 7.11 Å². The maximum absolute atomic E-state index is 6.05. The van der Waals surface area contributed by atoms with Gasteiger partial charge in [-0.3, -0.25) is 0 Å². The molecule has 3 rings (SSSR count). The molecule has 1 aliphatic rings. The summed E-state index contributed by atoms with van der Waals surface area (Å²) in [5.74, 6) is 0. The summed E-state index contributed by atoms with van der Waals surface area (Å²) in [7, 11) is 1.66. The van der Waals surface area contributed by atoms with Crippen LogP contribution in [0, 0.1) is 0 Å². The van der Waals surface area contributed by atoms with E-state index in [4.69, 9.17) is 18.9 Å². The number of benzene rings is 2. The molecule has 3 atom stereocenters. The molecule has 1 fully saturated rings. The summed E-state index contributed by atoms with van der Waals surface area (Å²) < 4.78 is 23.1. The second kappa shape index (κ2) is 8.94. The fourth-order valence-electron chi connectivity index (χ4n) is 2.80. The zero-order valence-electron chi connectivity index (χ0n) is 14.0. The van der Waals surface area contributed by atoms with Crippen LogP contribution >= 0.6 is 0 Å². The standard InChI is InChI=1S/C20H24O4/c1-21-20-12-18(23-14-17-10-6-3-7-11-17)19(24-20)15-22-13-16-8-4-2-5-9-16/h2-11,18-20H,12-15H2,1H3/t18-,19+,20-/m1/s1. The smallest absolute Gasteiger partial charge is 0.160 e. The van der Waals surface area contributed by atoms with Gasteiger partial charge in [-0.15, -0.1) is 0 Å². The highest BCUT2D eigenvalue weighted by Crippen LogP contribution is 2.25. The molecule has 0 N–H and O–H groups in total. The molecule has 1 heterocycles. The molecule has 4 heteroatoms. The molecule has 0 amide bonds. The van der Waals surface area contributed by atoms with Crippen LogP contribution in [0.2, 0.25) is 0 Å². The lowest BCUT2D eigenvalue weighted by molar-refractivity contribution is -0.137. The maximum atomic E-state index is 6.05. The average molecular weight is 328 g/mol. The van der Waals surface area contributed by atoms with Gasteiger partial charge in [-0.05, 0) is 11.1 Å². The van der Waals surface area contributed by atoms with Gasteiger partial charge in [0.25, 0.3) is 0 Å². The van der Waals surface area contributed by atoms with Crippen LogP contribution in [-0.2, 0) is 32.2 Å². The third-order valence-electron chi connectivity index (χ3n) is 4.13. The van der Waals surface area contributed by atoms with E-state index in [-0.39, 0.29) is 18.5 Å². The summed E-state index contributed by atoms with van der Waals surface area (Å²) in [5.41, 5.74) is 2.31. The molecule has 0 saturated carbocycles. The Kier molecular flexibility index (Phi) is 6.38.